The highest BCUT2D eigenvalue weighted by Crippen LogP contribution is 2.36. The van der Waals surface area contributed by atoms with E-state index in [1.54, 1.807) is 6.92 Å². The minimum Gasteiger partial charge on any atom is -0.460 e. The molecule has 2 atom stereocenters. The van der Waals surface area contributed by atoms with Crippen LogP contribution in [-0.2, 0) is 36.7 Å². The van der Waals surface area contributed by atoms with Gasteiger partial charge in [-0.3, -0.25) is 14.9 Å². The van der Waals surface area contributed by atoms with Gasteiger partial charge in [-0.1, -0.05) is 74.5 Å². The number of nitrogens with one attached hydrogen (secondary N) is 1. The molecule has 0 unspecified atom stereocenters. The van der Waals surface area contributed by atoms with E-state index in [0.717, 1.165) is 11.1 Å². The summed E-state index contributed by atoms with van der Waals surface area (Å²) in [4.78, 5) is 24.8. The number of hydrogen-bond donors (Lipinski definition) is 1. The standard InChI is InChI=1S/C23H29NO3.C7H15BO2/c1-17(2)14-22(23(26)27-16-20-12-8-5-9-13-20)24-21(18(3)25)15-19-10-6-4-7-11-19;1-6(2)7(3,4)10-8(5)9-6/h4-13,17,21-22,24H,14-16H2,1-3H3;1-5H3/t21-,22-;/m0./s1. The van der Waals surface area contributed by atoms with Gasteiger partial charge in [0.05, 0.1) is 17.2 Å². The molecule has 6 nitrogen and oxygen atoms in total. The third kappa shape index (κ3) is 10.1. The molecule has 2 aromatic carbocycles. The van der Waals surface area contributed by atoms with Crippen molar-refractivity contribution >= 4 is 18.9 Å². The van der Waals surface area contributed by atoms with Gasteiger partial charge < -0.3 is 14.0 Å². The third-order valence-corrected chi connectivity index (χ3v) is 6.76. The Balaban J connectivity index is 0.000000402. The van der Waals surface area contributed by atoms with Crippen LogP contribution >= 0.6 is 0 Å². The second kappa shape index (κ2) is 13.9. The van der Waals surface area contributed by atoms with Gasteiger partial charge in [-0.25, -0.2) is 0 Å². The Morgan fingerprint density at radius 1 is 0.865 bits per heavy atom. The van der Waals surface area contributed by atoms with Crippen LogP contribution in [0.2, 0.25) is 6.82 Å². The number of benzene rings is 2. The van der Waals surface area contributed by atoms with Crippen LogP contribution in [0, 0.1) is 5.92 Å². The normalized spacial score (nSPS) is 17.5. The van der Waals surface area contributed by atoms with E-state index in [1.807, 2.05) is 67.5 Å². The molecule has 37 heavy (non-hydrogen) atoms. The summed E-state index contributed by atoms with van der Waals surface area (Å²) in [6.45, 7) is 16.0. The van der Waals surface area contributed by atoms with Gasteiger partial charge in [-0.05, 0) is 71.3 Å². The molecule has 1 aliphatic rings. The van der Waals surface area contributed by atoms with Gasteiger partial charge in [0.2, 0.25) is 0 Å². The zero-order valence-electron chi connectivity index (χ0n) is 23.7. The molecule has 1 fully saturated rings. The number of ether oxygens (including phenoxy) is 1. The van der Waals surface area contributed by atoms with E-state index in [0.29, 0.717) is 18.8 Å². The lowest BCUT2D eigenvalue weighted by Crippen LogP contribution is -2.48. The second-order valence-corrected chi connectivity index (χ2v) is 11.1. The quantitative estimate of drug-likeness (QED) is 0.330. The Morgan fingerprint density at radius 2 is 1.35 bits per heavy atom. The van der Waals surface area contributed by atoms with Crippen molar-refractivity contribution in [2.45, 2.75) is 98.0 Å². The first-order valence-electron chi connectivity index (χ1n) is 13.2. The zero-order valence-corrected chi connectivity index (χ0v) is 23.7. The predicted octanol–water partition coefficient (Wildman–Crippen LogP) is 5.64. The fourth-order valence-electron chi connectivity index (χ4n) is 4.08. The third-order valence-electron chi connectivity index (χ3n) is 6.76. The SMILES string of the molecule is CB1OC(C)(C)C(C)(C)O1.CC(=O)[C@H](Cc1ccccc1)N[C@@H](CC(C)C)C(=O)OCc1ccccc1. The molecule has 1 aliphatic heterocycles. The van der Waals surface area contributed by atoms with Crippen molar-refractivity contribution in [1.29, 1.82) is 0 Å². The van der Waals surface area contributed by atoms with Crippen LogP contribution in [0.4, 0.5) is 0 Å². The summed E-state index contributed by atoms with van der Waals surface area (Å²) in [5.74, 6) is 0.00596. The number of Topliss-reactive ketones (excluding diaryl/α,β-unsaturated/α-hetero) is 1. The average Bonchev–Trinajstić information content (AvgIpc) is 3.01. The molecule has 0 aliphatic carbocycles. The Bertz CT molecular complexity index is 962. The van der Waals surface area contributed by atoms with E-state index in [4.69, 9.17) is 14.0 Å². The summed E-state index contributed by atoms with van der Waals surface area (Å²) in [6, 6.07) is 18.5. The van der Waals surface area contributed by atoms with Crippen LogP contribution in [0.3, 0.4) is 0 Å². The van der Waals surface area contributed by atoms with Gasteiger partial charge in [0.15, 0.2) is 0 Å². The summed E-state index contributed by atoms with van der Waals surface area (Å²) in [7, 11) is -0.0648. The van der Waals surface area contributed by atoms with Crippen molar-refractivity contribution in [1.82, 2.24) is 5.32 Å². The van der Waals surface area contributed by atoms with E-state index in [9.17, 15) is 9.59 Å². The number of ketones is 1. The summed E-state index contributed by atoms with van der Waals surface area (Å²) in [6.07, 6.45) is 1.17. The van der Waals surface area contributed by atoms with Crippen LogP contribution in [0.15, 0.2) is 60.7 Å². The Morgan fingerprint density at radius 3 is 1.76 bits per heavy atom. The largest absolute Gasteiger partial charge is 0.460 e. The molecular formula is C30H44BNO5. The summed E-state index contributed by atoms with van der Waals surface area (Å²) in [5.41, 5.74) is 1.69. The molecule has 7 heteroatoms. The first kappa shape index (κ1) is 30.7. The van der Waals surface area contributed by atoms with Gasteiger partial charge in [-0.2, -0.15) is 0 Å². The van der Waals surface area contributed by atoms with Crippen molar-refractivity contribution in [3.05, 3.63) is 71.8 Å². The molecule has 0 saturated carbocycles. The fraction of sp³-hybridized carbons (Fsp3) is 0.533. The molecule has 1 saturated heterocycles. The number of hydrogen-bond acceptors (Lipinski definition) is 6. The summed E-state index contributed by atoms with van der Waals surface area (Å²) in [5, 5.41) is 3.25. The molecule has 202 valence electrons. The van der Waals surface area contributed by atoms with Gasteiger partial charge in [0, 0.05) is 0 Å². The van der Waals surface area contributed by atoms with Crippen LogP contribution in [-0.4, -0.2) is 42.2 Å². The highest BCUT2D eigenvalue weighted by atomic mass is 16.7. The number of carbonyl (C=O) groups excluding carboxylic acids is 2. The van der Waals surface area contributed by atoms with E-state index >= 15 is 0 Å². The lowest BCUT2D eigenvalue weighted by molar-refractivity contribution is -0.148. The highest BCUT2D eigenvalue weighted by molar-refractivity contribution is 6.43. The van der Waals surface area contributed by atoms with Gasteiger partial charge in [0.1, 0.15) is 18.4 Å². The van der Waals surface area contributed by atoms with Crippen molar-refractivity contribution < 1.29 is 23.6 Å². The van der Waals surface area contributed by atoms with E-state index in [1.165, 1.54) is 0 Å². The lowest BCUT2D eigenvalue weighted by atomic mass is 9.90. The van der Waals surface area contributed by atoms with Gasteiger partial charge in [-0.15, -0.1) is 0 Å². The minimum atomic E-state index is -0.508. The Kier molecular flexibility index (Phi) is 11.5. The molecule has 0 radical (unpaired) electrons. The zero-order chi connectivity index (χ0) is 27.6. The van der Waals surface area contributed by atoms with Crippen molar-refractivity contribution in [3.8, 4) is 0 Å². The van der Waals surface area contributed by atoms with E-state index in [2.05, 4.69) is 46.9 Å². The van der Waals surface area contributed by atoms with E-state index < -0.39 is 12.1 Å². The summed E-state index contributed by atoms with van der Waals surface area (Å²) < 4.78 is 16.6. The topological polar surface area (TPSA) is 73.9 Å². The fourth-order valence-corrected chi connectivity index (χ4v) is 4.08. The summed E-state index contributed by atoms with van der Waals surface area (Å²) >= 11 is 0. The molecule has 0 spiro atoms. The molecule has 3 rings (SSSR count). The Hall–Kier alpha value is -2.48. The van der Waals surface area contributed by atoms with Gasteiger partial charge in [0.25, 0.3) is 0 Å². The average molecular weight is 509 g/mol. The molecule has 0 amide bonds. The monoisotopic (exact) mass is 509 g/mol. The van der Waals surface area contributed by atoms with E-state index in [-0.39, 0.29) is 36.7 Å². The number of rotatable bonds is 10. The van der Waals surface area contributed by atoms with Crippen LogP contribution in [0.25, 0.3) is 0 Å². The first-order chi connectivity index (χ1) is 17.3. The lowest BCUT2D eigenvalue weighted by Gasteiger charge is -2.32. The highest BCUT2D eigenvalue weighted by Gasteiger charge is 2.48. The van der Waals surface area contributed by atoms with Crippen molar-refractivity contribution in [3.63, 3.8) is 0 Å². The minimum absolute atomic E-state index is 0.0171. The maximum Gasteiger partial charge on any atom is 0.454 e. The van der Waals surface area contributed by atoms with Gasteiger partial charge >= 0.3 is 13.1 Å². The molecule has 1 heterocycles. The number of esters is 1. The smallest absolute Gasteiger partial charge is 0.454 e. The van der Waals surface area contributed by atoms with Crippen LogP contribution in [0.5, 0.6) is 0 Å². The Labute approximate surface area is 223 Å². The first-order valence-corrected chi connectivity index (χ1v) is 13.2. The molecule has 1 N–H and O–H groups in total. The van der Waals surface area contributed by atoms with Crippen molar-refractivity contribution in [2.24, 2.45) is 5.92 Å². The molecule has 2 aromatic rings. The maximum atomic E-state index is 12.7. The van der Waals surface area contributed by atoms with Crippen LogP contribution < -0.4 is 5.32 Å². The van der Waals surface area contributed by atoms with Crippen LogP contribution in [0.1, 0.15) is 66.0 Å². The molecule has 0 aromatic heterocycles. The maximum absolute atomic E-state index is 12.7. The number of carbonyl (C=O) groups is 2. The predicted molar refractivity (Wildman–Crippen MR) is 149 cm³/mol. The van der Waals surface area contributed by atoms with Crippen molar-refractivity contribution in [2.75, 3.05) is 0 Å². The molecule has 0 bridgehead atoms. The second-order valence-electron chi connectivity index (χ2n) is 11.1. The molecular weight excluding hydrogens is 465 g/mol.